The van der Waals surface area contributed by atoms with E-state index in [9.17, 15) is 0 Å². The van der Waals surface area contributed by atoms with Crippen LogP contribution in [0, 0.1) is 0 Å². The Hall–Kier alpha value is -2.70. The van der Waals surface area contributed by atoms with E-state index in [1.165, 1.54) is 0 Å². The first-order valence-electron chi connectivity index (χ1n) is 7.77. The molecule has 2 rings (SSSR count). The lowest BCUT2D eigenvalue weighted by molar-refractivity contribution is 0.324. The van der Waals surface area contributed by atoms with E-state index < -0.39 is 0 Å². The Morgan fingerprint density at radius 2 is 1.75 bits per heavy atom. The highest BCUT2D eigenvalue weighted by molar-refractivity contribution is 5.66. The van der Waals surface area contributed by atoms with Gasteiger partial charge in [-0.15, -0.1) is 0 Å². The molecule has 2 aromatic rings. The van der Waals surface area contributed by atoms with Gasteiger partial charge in [-0.2, -0.15) is 4.98 Å². The number of nitrogens with zero attached hydrogens (tertiary/aromatic N) is 2. The Bertz CT molecular complexity index is 654. The third-order valence-corrected chi connectivity index (χ3v) is 3.58. The molecule has 0 bridgehead atoms. The van der Waals surface area contributed by atoms with Crippen molar-refractivity contribution in [3.05, 3.63) is 24.4 Å². The smallest absolute Gasteiger partial charge is 0.229 e. The molecular formula is C17H24N4O3. The lowest BCUT2D eigenvalue weighted by atomic mass is 10.2. The predicted molar refractivity (Wildman–Crippen MR) is 94.8 cm³/mol. The van der Waals surface area contributed by atoms with E-state index in [1.54, 1.807) is 39.7 Å². The third-order valence-electron chi connectivity index (χ3n) is 3.58. The average Bonchev–Trinajstić information content (AvgIpc) is 2.60. The molecule has 1 aromatic carbocycles. The number of ether oxygens (including phenoxy) is 3. The summed E-state index contributed by atoms with van der Waals surface area (Å²) in [7, 11) is 4.73. The number of rotatable bonds is 8. The van der Waals surface area contributed by atoms with Crippen molar-refractivity contribution in [1.82, 2.24) is 9.97 Å². The Kier molecular flexibility index (Phi) is 6.06. The molecule has 2 N–H and O–H groups in total. The molecule has 1 atom stereocenters. The van der Waals surface area contributed by atoms with E-state index in [1.807, 2.05) is 6.07 Å². The molecule has 1 heterocycles. The van der Waals surface area contributed by atoms with Gasteiger partial charge in [0.2, 0.25) is 11.7 Å². The Morgan fingerprint density at radius 3 is 2.29 bits per heavy atom. The summed E-state index contributed by atoms with van der Waals surface area (Å²) in [5.41, 5.74) is 0.741. The second kappa shape index (κ2) is 8.24. The van der Waals surface area contributed by atoms with E-state index in [0.717, 1.165) is 17.9 Å². The molecule has 0 aliphatic heterocycles. The maximum atomic E-state index is 5.35. The number of methoxy groups -OCH3 is 3. The number of hydrogen-bond donors (Lipinski definition) is 2. The van der Waals surface area contributed by atoms with Crippen LogP contribution in [0.3, 0.4) is 0 Å². The van der Waals surface area contributed by atoms with Crippen LogP contribution in [0.2, 0.25) is 0 Å². The molecule has 1 unspecified atom stereocenters. The molecule has 0 radical (unpaired) electrons. The highest BCUT2D eigenvalue weighted by atomic mass is 16.5. The summed E-state index contributed by atoms with van der Waals surface area (Å²) >= 11 is 0. The van der Waals surface area contributed by atoms with Crippen molar-refractivity contribution in [2.45, 2.75) is 26.3 Å². The van der Waals surface area contributed by atoms with Crippen molar-refractivity contribution in [2.75, 3.05) is 32.0 Å². The molecule has 130 valence electrons. The van der Waals surface area contributed by atoms with Gasteiger partial charge < -0.3 is 24.8 Å². The van der Waals surface area contributed by atoms with Gasteiger partial charge in [-0.1, -0.05) is 6.92 Å². The van der Waals surface area contributed by atoms with Crippen LogP contribution in [0.15, 0.2) is 24.4 Å². The molecule has 0 amide bonds. The largest absolute Gasteiger partial charge is 0.493 e. The van der Waals surface area contributed by atoms with Crippen molar-refractivity contribution in [1.29, 1.82) is 0 Å². The average molecular weight is 332 g/mol. The van der Waals surface area contributed by atoms with Gasteiger partial charge in [-0.05, 0) is 19.4 Å². The Morgan fingerprint density at radius 1 is 1.08 bits per heavy atom. The standard InChI is InChI=1S/C17H24N4O3/c1-6-11(2)19-15-7-8-18-17(21-15)20-12-9-13(22-3)16(24-5)14(10-12)23-4/h7-11H,6H2,1-5H3,(H2,18,19,20,21). The van der Waals surface area contributed by atoms with Gasteiger partial charge in [-0.25, -0.2) is 4.98 Å². The van der Waals surface area contributed by atoms with Crippen LogP contribution in [0.25, 0.3) is 0 Å². The number of aromatic nitrogens is 2. The first-order valence-corrected chi connectivity index (χ1v) is 7.77. The molecule has 24 heavy (non-hydrogen) atoms. The third kappa shape index (κ3) is 4.18. The lowest BCUT2D eigenvalue weighted by Gasteiger charge is -2.15. The SMILES string of the molecule is CCC(C)Nc1ccnc(Nc2cc(OC)c(OC)c(OC)c2)n1. The van der Waals surface area contributed by atoms with Crippen LogP contribution >= 0.6 is 0 Å². The maximum Gasteiger partial charge on any atom is 0.229 e. The zero-order chi connectivity index (χ0) is 17.5. The van der Waals surface area contributed by atoms with Crippen molar-refractivity contribution < 1.29 is 14.2 Å². The van der Waals surface area contributed by atoms with E-state index in [2.05, 4.69) is 34.4 Å². The van der Waals surface area contributed by atoms with Crippen LogP contribution in [0.5, 0.6) is 17.2 Å². The fourth-order valence-electron chi connectivity index (χ4n) is 2.14. The normalized spacial score (nSPS) is 11.5. The van der Waals surface area contributed by atoms with Gasteiger partial charge in [0.05, 0.1) is 21.3 Å². The van der Waals surface area contributed by atoms with E-state index in [4.69, 9.17) is 14.2 Å². The summed E-state index contributed by atoms with van der Waals surface area (Å²) in [5, 5.41) is 6.48. The summed E-state index contributed by atoms with van der Waals surface area (Å²) in [6.07, 6.45) is 2.72. The molecule has 0 aliphatic carbocycles. The minimum absolute atomic E-state index is 0.342. The quantitative estimate of drug-likeness (QED) is 0.766. The van der Waals surface area contributed by atoms with Crippen LogP contribution in [0.1, 0.15) is 20.3 Å². The molecule has 0 fully saturated rings. The van der Waals surface area contributed by atoms with E-state index in [0.29, 0.717) is 29.2 Å². The monoisotopic (exact) mass is 332 g/mol. The molecule has 0 spiro atoms. The molecule has 7 heteroatoms. The van der Waals surface area contributed by atoms with Gasteiger partial charge in [0, 0.05) is 30.1 Å². The molecular weight excluding hydrogens is 308 g/mol. The van der Waals surface area contributed by atoms with Crippen LogP contribution in [0.4, 0.5) is 17.5 Å². The molecule has 7 nitrogen and oxygen atoms in total. The number of nitrogens with one attached hydrogen (secondary N) is 2. The zero-order valence-corrected chi connectivity index (χ0v) is 14.7. The van der Waals surface area contributed by atoms with Gasteiger partial charge in [0.15, 0.2) is 11.5 Å². The highest BCUT2D eigenvalue weighted by Gasteiger charge is 2.14. The first kappa shape index (κ1) is 17.7. The highest BCUT2D eigenvalue weighted by Crippen LogP contribution is 2.40. The summed E-state index contributed by atoms with van der Waals surface area (Å²) < 4.78 is 16.0. The van der Waals surface area contributed by atoms with Crippen LogP contribution < -0.4 is 24.8 Å². The fraction of sp³-hybridized carbons (Fsp3) is 0.412. The van der Waals surface area contributed by atoms with Gasteiger partial charge in [-0.3, -0.25) is 0 Å². The summed E-state index contributed by atoms with van der Waals surface area (Å²) in [4.78, 5) is 8.71. The first-order chi connectivity index (χ1) is 11.6. The topological polar surface area (TPSA) is 77.5 Å². The summed E-state index contributed by atoms with van der Waals surface area (Å²) in [5.74, 6) is 2.92. The van der Waals surface area contributed by atoms with E-state index >= 15 is 0 Å². The number of anilines is 3. The minimum atomic E-state index is 0.342. The van der Waals surface area contributed by atoms with Gasteiger partial charge in [0.1, 0.15) is 5.82 Å². The van der Waals surface area contributed by atoms with Gasteiger partial charge >= 0.3 is 0 Å². The Balaban J connectivity index is 2.26. The predicted octanol–water partition coefficient (Wildman–Crippen LogP) is 3.46. The van der Waals surface area contributed by atoms with Gasteiger partial charge in [0.25, 0.3) is 0 Å². The van der Waals surface area contributed by atoms with Crippen molar-refractivity contribution in [3.63, 3.8) is 0 Å². The zero-order valence-electron chi connectivity index (χ0n) is 14.7. The van der Waals surface area contributed by atoms with Crippen molar-refractivity contribution >= 4 is 17.5 Å². The van der Waals surface area contributed by atoms with Crippen LogP contribution in [-0.4, -0.2) is 37.3 Å². The second-order valence-electron chi connectivity index (χ2n) is 5.26. The molecule has 0 saturated carbocycles. The van der Waals surface area contributed by atoms with Crippen LogP contribution in [-0.2, 0) is 0 Å². The second-order valence-corrected chi connectivity index (χ2v) is 5.26. The number of benzene rings is 1. The van der Waals surface area contributed by atoms with Crippen molar-refractivity contribution in [2.24, 2.45) is 0 Å². The molecule has 1 aromatic heterocycles. The lowest BCUT2D eigenvalue weighted by Crippen LogP contribution is -2.15. The molecule has 0 aliphatic rings. The number of hydrogen-bond acceptors (Lipinski definition) is 7. The minimum Gasteiger partial charge on any atom is -0.493 e. The summed E-state index contributed by atoms with van der Waals surface area (Å²) in [6, 6.07) is 5.79. The fourth-order valence-corrected chi connectivity index (χ4v) is 2.14. The van der Waals surface area contributed by atoms with Crippen molar-refractivity contribution in [3.8, 4) is 17.2 Å². The molecule has 0 saturated heterocycles. The Labute approximate surface area is 142 Å². The maximum absolute atomic E-state index is 5.35. The summed E-state index contributed by atoms with van der Waals surface area (Å²) in [6.45, 7) is 4.22. The van der Waals surface area contributed by atoms with E-state index in [-0.39, 0.29) is 0 Å².